The maximum atomic E-state index is 13.8. The van der Waals surface area contributed by atoms with Crippen molar-refractivity contribution < 1.29 is 13.9 Å². The number of hydrogen-bond donors (Lipinski definition) is 1. The van der Waals surface area contributed by atoms with Gasteiger partial charge >= 0.3 is 0 Å². The van der Waals surface area contributed by atoms with E-state index in [1.807, 2.05) is 0 Å². The van der Waals surface area contributed by atoms with Crippen molar-refractivity contribution in [1.82, 2.24) is 10.3 Å². The molecule has 1 saturated heterocycles. The Labute approximate surface area is 107 Å². The third-order valence-corrected chi connectivity index (χ3v) is 2.97. The van der Waals surface area contributed by atoms with Gasteiger partial charge in [-0.2, -0.15) is 0 Å². The fourth-order valence-electron chi connectivity index (χ4n) is 2.08. The van der Waals surface area contributed by atoms with E-state index in [2.05, 4.69) is 17.2 Å². The number of rotatable bonds is 5. The zero-order valence-electron chi connectivity index (χ0n) is 10.6. The number of pyridine rings is 1. The molecule has 100 valence electrons. The highest BCUT2D eigenvalue weighted by atomic mass is 19.1. The Morgan fingerprint density at radius 3 is 3.11 bits per heavy atom. The first-order chi connectivity index (χ1) is 8.83. The van der Waals surface area contributed by atoms with Crippen LogP contribution in [0.3, 0.4) is 0 Å². The number of ether oxygens (including phenoxy) is 2. The lowest BCUT2D eigenvalue weighted by Gasteiger charge is -2.31. The van der Waals surface area contributed by atoms with Crippen LogP contribution in [-0.2, 0) is 9.47 Å². The number of nitrogens with one attached hydrogen (secondary N) is 1. The van der Waals surface area contributed by atoms with Gasteiger partial charge in [-0.3, -0.25) is 4.98 Å². The van der Waals surface area contributed by atoms with Gasteiger partial charge < -0.3 is 14.8 Å². The second-order valence-corrected chi connectivity index (χ2v) is 4.31. The highest BCUT2D eigenvalue weighted by molar-refractivity contribution is 5.19. The quantitative estimate of drug-likeness (QED) is 0.868. The fraction of sp³-hybridized carbons (Fsp3) is 0.615. The van der Waals surface area contributed by atoms with Crippen molar-refractivity contribution in [2.45, 2.75) is 25.5 Å². The lowest BCUT2D eigenvalue weighted by atomic mass is 10.0. The zero-order valence-corrected chi connectivity index (χ0v) is 10.6. The normalized spacial score (nSPS) is 21.8. The molecule has 0 amide bonds. The molecule has 0 aromatic carbocycles. The van der Waals surface area contributed by atoms with Gasteiger partial charge in [0.2, 0.25) is 0 Å². The molecule has 0 spiro atoms. The summed E-state index contributed by atoms with van der Waals surface area (Å²) in [5.41, 5.74) is 0.592. The minimum Gasteiger partial charge on any atom is -0.376 e. The summed E-state index contributed by atoms with van der Waals surface area (Å²) in [6.45, 7) is 4.54. The molecule has 1 aliphatic heterocycles. The van der Waals surface area contributed by atoms with E-state index in [1.54, 1.807) is 12.3 Å². The van der Waals surface area contributed by atoms with Crippen LogP contribution < -0.4 is 5.32 Å². The van der Waals surface area contributed by atoms with Crippen LogP contribution in [0.1, 0.15) is 24.9 Å². The molecule has 5 heteroatoms. The SMILES string of the molecule is CCCNC(c1ccncc1F)C1COCCO1. The highest BCUT2D eigenvalue weighted by Gasteiger charge is 2.28. The third-order valence-electron chi connectivity index (χ3n) is 2.97. The van der Waals surface area contributed by atoms with E-state index in [1.165, 1.54) is 6.20 Å². The molecule has 2 unspecified atom stereocenters. The lowest BCUT2D eigenvalue weighted by Crippen LogP contribution is -2.41. The number of hydrogen-bond acceptors (Lipinski definition) is 4. The molecule has 1 fully saturated rings. The summed E-state index contributed by atoms with van der Waals surface area (Å²) in [6, 6.07) is 1.51. The summed E-state index contributed by atoms with van der Waals surface area (Å²) in [7, 11) is 0. The average molecular weight is 254 g/mol. The Morgan fingerprint density at radius 1 is 1.56 bits per heavy atom. The van der Waals surface area contributed by atoms with Crippen LogP contribution in [0, 0.1) is 5.82 Å². The zero-order chi connectivity index (χ0) is 12.8. The van der Waals surface area contributed by atoms with Gasteiger partial charge in [-0.05, 0) is 19.0 Å². The van der Waals surface area contributed by atoms with E-state index in [0.29, 0.717) is 25.4 Å². The second-order valence-electron chi connectivity index (χ2n) is 4.31. The summed E-state index contributed by atoms with van der Waals surface area (Å²) in [4.78, 5) is 3.78. The van der Waals surface area contributed by atoms with Crippen molar-refractivity contribution >= 4 is 0 Å². The molecular weight excluding hydrogens is 235 g/mol. The highest BCUT2D eigenvalue weighted by Crippen LogP contribution is 2.23. The van der Waals surface area contributed by atoms with Gasteiger partial charge in [0.25, 0.3) is 0 Å². The van der Waals surface area contributed by atoms with E-state index < -0.39 is 0 Å². The summed E-state index contributed by atoms with van der Waals surface area (Å²) < 4.78 is 24.9. The van der Waals surface area contributed by atoms with Crippen LogP contribution in [0.15, 0.2) is 18.5 Å². The van der Waals surface area contributed by atoms with Crippen LogP contribution in [0.25, 0.3) is 0 Å². The first-order valence-electron chi connectivity index (χ1n) is 6.35. The lowest BCUT2D eigenvalue weighted by molar-refractivity contribution is -0.102. The summed E-state index contributed by atoms with van der Waals surface area (Å²) in [6.07, 6.45) is 3.67. The molecule has 2 heterocycles. The average Bonchev–Trinajstić information content (AvgIpc) is 2.42. The predicted molar refractivity (Wildman–Crippen MR) is 65.8 cm³/mol. The van der Waals surface area contributed by atoms with Gasteiger partial charge in [-0.1, -0.05) is 6.92 Å². The third kappa shape index (κ3) is 3.25. The van der Waals surface area contributed by atoms with Crippen LogP contribution in [-0.4, -0.2) is 37.5 Å². The standard InChI is InChI=1S/C13H19FN2O2/c1-2-4-16-13(12-9-17-6-7-18-12)10-3-5-15-8-11(10)14/h3,5,8,12-13,16H,2,4,6-7,9H2,1H3. The predicted octanol–water partition coefficient (Wildman–Crippen LogP) is 1.68. The smallest absolute Gasteiger partial charge is 0.146 e. The molecule has 0 saturated carbocycles. The topological polar surface area (TPSA) is 43.4 Å². The van der Waals surface area contributed by atoms with E-state index in [9.17, 15) is 4.39 Å². The van der Waals surface area contributed by atoms with E-state index in [-0.39, 0.29) is 18.0 Å². The summed E-state index contributed by atoms with van der Waals surface area (Å²) in [5, 5.41) is 3.32. The molecule has 0 bridgehead atoms. The Balaban J connectivity index is 2.15. The molecule has 4 nitrogen and oxygen atoms in total. The first kappa shape index (κ1) is 13.4. The number of halogens is 1. The van der Waals surface area contributed by atoms with Crippen molar-refractivity contribution in [2.75, 3.05) is 26.4 Å². The number of aromatic nitrogens is 1. The van der Waals surface area contributed by atoms with Crippen molar-refractivity contribution in [1.29, 1.82) is 0 Å². The minimum atomic E-state index is -0.305. The van der Waals surface area contributed by atoms with Crippen molar-refractivity contribution in [3.05, 3.63) is 29.8 Å². The molecule has 1 aliphatic rings. The molecular formula is C13H19FN2O2. The Bertz CT molecular complexity index is 370. The molecule has 18 heavy (non-hydrogen) atoms. The molecule has 0 radical (unpaired) electrons. The van der Waals surface area contributed by atoms with Crippen molar-refractivity contribution in [2.24, 2.45) is 0 Å². The van der Waals surface area contributed by atoms with Gasteiger partial charge in [-0.15, -0.1) is 0 Å². The van der Waals surface area contributed by atoms with Crippen molar-refractivity contribution in [3.63, 3.8) is 0 Å². The molecule has 2 rings (SSSR count). The van der Waals surface area contributed by atoms with Gasteiger partial charge in [0.05, 0.1) is 32.1 Å². The molecule has 1 N–H and O–H groups in total. The van der Waals surface area contributed by atoms with E-state index >= 15 is 0 Å². The van der Waals surface area contributed by atoms with Crippen LogP contribution in [0.2, 0.25) is 0 Å². The molecule has 1 aromatic rings. The largest absolute Gasteiger partial charge is 0.376 e. The fourth-order valence-corrected chi connectivity index (χ4v) is 2.08. The van der Waals surface area contributed by atoms with Crippen LogP contribution in [0.4, 0.5) is 4.39 Å². The summed E-state index contributed by atoms with van der Waals surface area (Å²) >= 11 is 0. The summed E-state index contributed by atoms with van der Waals surface area (Å²) in [5.74, 6) is -0.305. The number of nitrogens with zero attached hydrogens (tertiary/aromatic N) is 1. The van der Waals surface area contributed by atoms with E-state index in [4.69, 9.17) is 9.47 Å². The van der Waals surface area contributed by atoms with Gasteiger partial charge in [0.1, 0.15) is 11.9 Å². The van der Waals surface area contributed by atoms with E-state index in [0.717, 1.165) is 13.0 Å². The van der Waals surface area contributed by atoms with Crippen molar-refractivity contribution in [3.8, 4) is 0 Å². The van der Waals surface area contributed by atoms with Crippen LogP contribution in [0.5, 0.6) is 0 Å². The Morgan fingerprint density at radius 2 is 2.44 bits per heavy atom. The monoisotopic (exact) mass is 254 g/mol. The van der Waals surface area contributed by atoms with Gasteiger partial charge in [0.15, 0.2) is 0 Å². The Hall–Kier alpha value is -1.04. The molecule has 1 aromatic heterocycles. The van der Waals surface area contributed by atoms with Crippen LogP contribution >= 0.6 is 0 Å². The molecule has 0 aliphatic carbocycles. The Kier molecular flexibility index (Phi) is 5.04. The second kappa shape index (κ2) is 6.78. The van der Waals surface area contributed by atoms with Gasteiger partial charge in [0, 0.05) is 11.8 Å². The van der Waals surface area contributed by atoms with Gasteiger partial charge in [-0.25, -0.2) is 4.39 Å². The minimum absolute atomic E-state index is 0.151. The maximum Gasteiger partial charge on any atom is 0.146 e. The first-order valence-corrected chi connectivity index (χ1v) is 6.35. The maximum absolute atomic E-state index is 13.8. The molecule has 2 atom stereocenters.